The van der Waals surface area contributed by atoms with E-state index in [1.807, 2.05) is 24.4 Å². The second-order valence-electron chi connectivity index (χ2n) is 6.35. The van der Waals surface area contributed by atoms with Gasteiger partial charge < -0.3 is 4.74 Å². The van der Waals surface area contributed by atoms with Crippen molar-refractivity contribution in [3.63, 3.8) is 0 Å². The van der Waals surface area contributed by atoms with Gasteiger partial charge in [-0.05, 0) is 47.9 Å². The maximum Gasteiger partial charge on any atom is 0.152 e. The van der Waals surface area contributed by atoms with Gasteiger partial charge in [0.05, 0.1) is 10.6 Å². The van der Waals surface area contributed by atoms with Gasteiger partial charge in [-0.2, -0.15) is 0 Å². The highest BCUT2D eigenvalue weighted by molar-refractivity contribution is 7.99. The summed E-state index contributed by atoms with van der Waals surface area (Å²) in [5.74, 6) is 3.22. The van der Waals surface area contributed by atoms with Gasteiger partial charge in [0.1, 0.15) is 5.69 Å². The van der Waals surface area contributed by atoms with Crippen molar-refractivity contribution in [2.24, 2.45) is 0 Å². The Hall–Kier alpha value is -2.46. The molecule has 0 amide bonds. The predicted octanol–water partition coefficient (Wildman–Crippen LogP) is 6.25. The normalized spacial score (nSPS) is 13.9. The van der Waals surface area contributed by atoms with Crippen LogP contribution in [-0.2, 0) is 0 Å². The summed E-state index contributed by atoms with van der Waals surface area (Å²) in [5, 5.41) is 0. The van der Waals surface area contributed by atoms with Crippen LogP contribution in [0.2, 0.25) is 0 Å². The van der Waals surface area contributed by atoms with E-state index in [1.165, 1.54) is 15.4 Å². The summed E-state index contributed by atoms with van der Waals surface area (Å²) in [4.78, 5) is 9.29. The monoisotopic (exact) mass is 332 g/mol. The molecule has 0 radical (unpaired) electrons. The summed E-state index contributed by atoms with van der Waals surface area (Å²) in [6, 6.07) is 16.8. The predicted molar refractivity (Wildman–Crippen MR) is 97.2 cm³/mol. The largest absolute Gasteiger partial charge is 0.453 e. The third-order valence-corrected chi connectivity index (χ3v) is 5.57. The molecule has 0 fully saturated rings. The quantitative estimate of drug-likeness (QED) is 0.362. The Balaban J connectivity index is 1.81. The molecule has 3 aromatic rings. The number of hydrogen-bond acceptors (Lipinski definition) is 4. The SMILES string of the molecule is CC(C)c1ccc2c(c1)N1c3ncccc3Sc3cccc(c31)O2. The summed E-state index contributed by atoms with van der Waals surface area (Å²) in [6.07, 6.45) is 1.86. The van der Waals surface area contributed by atoms with Crippen LogP contribution in [0.3, 0.4) is 0 Å². The molecule has 2 aromatic carbocycles. The van der Waals surface area contributed by atoms with Crippen molar-refractivity contribution in [3.8, 4) is 11.5 Å². The molecule has 1 aromatic heterocycles. The molecular formula is C20H16N2OS. The number of aromatic nitrogens is 1. The molecule has 5 rings (SSSR count). The van der Waals surface area contributed by atoms with Crippen molar-refractivity contribution in [1.82, 2.24) is 4.98 Å². The summed E-state index contributed by atoms with van der Waals surface area (Å²) in [6.45, 7) is 4.42. The molecule has 24 heavy (non-hydrogen) atoms. The smallest absolute Gasteiger partial charge is 0.152 e. The van der Waals surface area contributed by atoms with Crippen LogP contribution in [0.5, 0.6) is 11.5 Å². The molecule has 0 N–H and O–H groups in total. The third-order valence-electron chi connectivity index (χ3n) is 4.48. The van der Waals surface area contributed by atoms with E-state index < -0.39 is 0 Å². The minimum atomic E-state index is 0.467. The maximum absolute atomic E-state index is 6.19. The highest BCUT2D eigenvalue weighted by Gasteiger charge is 2.34. The molecular weight excluding hydrogens is 316 g/mol. The Morgan fingerprint density at radius 3 is 2.75 bits per heavy atom. The van der Waals surface area contributed by atoms with Gasteiger partial charge in [0.25, 0.3) is 0 Å². The molecule has 0 bridgehead atoms. The summed E-state index contributed by atoms with van der Waals surface area (Å²) < 4.78 is 6.19. The van der Waals surface area contributed by atoms with Crippen molar-refractivity contribution < 1.29 is 4.74 Å². The first-order valence-corrected chi connectivity index (χ1v) is 8.92. The standard InChI is InChI=1S/C20H16N2OS/c1-12(2)13-8-9-15-14(11-13)22-19-16(23-15)5-3-6-17(19)24-18-7-4-10-21-20(18)22/h3-12H,1-2H3. The van der Waals surface area contributed by atoms with E-state index >= 15 is 0 Å². The fourth-order valence-corrected chi connectivity index (χ4v) is 4.30. The molecule has 0 saturated carbocycles. The number of anilines is 3. The zero-order chi connectivity index (χ0) is 16.3. The summed E-state index contributed by atoms with van der Waals surface area (Å²) in [5.41, 5.74) is 3.47. The average Bonchev–Trinajstić information content (AvgIpc) is 2.61. The number of hydrogen-bond donors (Lipinski definition) is 0. The zero-order valence-corrected chi connectivity index (χ0v) is 14.3. The van der Waals surface area contributed by atoms with Gasteiger partial charge in [-0.15, -0.1) is 0 Å². The molecule has 2 aliphatic heterocycles. The fraction of sp³-hybridized carbons (Fsp3) is 0.150. The number of benzene rings is 2. The van der Waals surface area contributed by atoms with Crippen LogP contribution >= 0.6 is 11.8 Å². The summed E-state index contributed by atoms with van der Waals surface area (Å²) in [7, 11) is 0. The van der Waals surface area contributed by atoms with Crippen LogP contribution in [0.15, 0.2) is 64.5 Å². The van der Waals surface area contributed by atoms with E-state index in [2.05, 4.69) is 54.1 Å². The number of nitrogens with zero attached hydrogens (tertiary/aromatic N) is 2. The lowest BCUT2D eigenvalue weighted by Gasteiger charge is -2.37. The molecule has 0 aliphatic carbocycles. The molecule has 4 heteroatoms. The van der Waals surface area contributed by atoms with Crippen LogP contribution in [0.1, 0.15) is 25.3 Å². The van der Waals surface area contributed by atoms with Crippen molar-refractivity contribution >= 4 is 29.0 Å². The van der Waals surface area contributed by atoms with E-state index in [9.17, 15) is 0 Å². The Morgan fingerprint density at radius 1 is 1.00 bits per heavy atom. The minimum absolute atomic E-state index is 0.467. The lowest BCUT2D eigenvalue weighted by atomic mass is 10.0. The highest BCUT2D eigenvalue weighted by atomic mass is 32.2. The molecule has 3 nitrogen and oxygen atoms in total. The van der Waals surface area contributed by atoms with Crippen LogP contribution in [-0.4, -0.2) is 4.98 Å². The Labute approximate surface area is 145 Å². The van der Waals surface area contributed by atoms with E-state index in [0.29, 0.717) is 5.92 Å². The lowest BCUT2D eigenvalue weighted by Crippen LogP contribution is -2.20. The van der Waals surface area contributed by atoms with Gasteiger partial charge in [-0.25, -0.2) is 4.98 Å². The minimum Gasteiger partial charge on any atom is -0.453 e. The summed E-state index contributed by atoms with van der Waals surface area (Å²) >= 11 is 1.75. The Bertz CT molecular complexity index is 953. The number of ether oxygens (including phenoxy) is 1. The Kier molecular flexibility index (Phi) is 2.91. The molecule has 3 heterocycles. The number of fused-ring (bicyclic) bond motifs is 4. The van der Waals surface area contributed by atoms with E-state index in [0.717, 1.165) is 28.7 Å². The van der Waals surface area contributed by atoms with Crippen LogP contribution in [0.25, 0.3) is 0 Å². The van der Waals surface area contributed by atoms with Crippen molar-refractivity contribution in [2.75, 3.05) is 4.90 Å². The molecule has 0 unspecified atom stereocenters. The van der Waals surface area contributed by atoms with Crippen molar-refractivity contribution in [3.05, 3.63) is 60.3 Å². The maximum atomic E-state index is 6.19. The molecule has 118 valence electrons. The third kappa shape index (κ3) is 1.89. The topological polar surface area (TPSA) is 25.4 Å². The van der Waals surface area contributed by atoms with E-state index in [1.54, 1.807) is 11.8 Å². The number of para-hydroxylation sites is 1. The van der Waals surface area contributed by atoms with Gasteiger partial charge in [-0.1, -0.05) is 37.7 Å². The number of pyridine rings is 1. The van der Waals surface area contributed by atoms with Gasteiger partial charge >= 0.3 is 0 Å². The lowest BCUT2D eigenvalue weighted by molar-refractivity contribution is 0.474. The zero-order valence-electron chi connectivity index (χ0n) is 13.5. The van der Waals surface area contributed by atoms with Crippen LogP contribution in [0, 0.1) is 0 Å². The van der Waals surface area contributed by atoms with E-state index in [4.69, 9.17) is 4.74 Å². The first-order chi connectivity index (χ1) is 11.7. The van der Waals surface area contributed by atoms with Gasteiger partial charge in [0.2, 0.25) is 0 Å². The molecule has 0 spiro atoms. The van der Waals surface area contributed by atoms with Gasteiger partial charge in [0, 0.05) is 11.1 Å². The second kappa shape index (κ2) is 5.02. The average molecular weight is 332 g/mol. The highest BCUT2D eigenvalue weighted by Crippen LogP contribution is 2.59. The van der Waals surface area contributed by atoms with Crippen LogP contribution in [0.4, 0.5) is 17.2 Å². The van der Waals surface area contributed by atoms with Crippen LogP contribution < -0.4 is 9.64 Å². The molecule has 0 saturated heterocycles. The first-order valence-electron chi connectivity index (χ1n) is 8.10. The fourth-order valence-electron chi connectivity index (χ4n) is 3.25. The first kappa shape index (κ1) is 13.9. The van der Waals surface area contributed by atoms with Gasteiger partial charge in [-0.3, -0.25) is 4.90 Å². The molecule has 0 atom stereocenters. The van der Waals surface area contributed by atoms with E-state index in [-0.39, 0.29) is 0 Å². The van der Waals surface area contributed by atoms with Crippen molar-refractivity contribution in [2.45, 2.75) is 29.6 Å². The Morgan fingerprint density at radius 2 is 1.88 bits per heavy atom. The second-order valence-corrected chi connectivity index (χ2v) is 7.43. The van der Waals surface area contributed by atoms with Crippen molar-refractivity contribution in [1.29, 1.82) is 0 Å². The molecule has 2 aliphatic rings. The van der Waals surface area contributed by atoms with Gasteiger partial charge in [0.15, 0.2) is 17.3 Å². The number of rotatable bonds is 1.